The van der Waals surface area contributed by atoms with E-state index in [0.717, 1.165) is 26.1 Å². The molecule has 6 nitrogen and oxygen atoms in total. The quantitative estimate of drug-likeness (QED) is 0.726. The minimum absolute atomic E-state index is 0.00241. The maximum Gasteiger partial charge on any atom is 0.244 e. The molecule has 0 saturated carbocycles. The van der Waals surface area contributed by atoms with Crippen molar-refractivity contribution in [3.05, 3.63) is 12.7 Å². The highest BCUT2D eigenvalue weighted by molar-refractivity contribution is 5.79. The standard InChI is InChI=1S/C10H17N5O/c1-8(15-7-12-6-14-15)10(16)13-5-9-2-3-11-4-9/h6-9,11H,2-5H2,1H3,(H,13,16). The zero-order valence-corrected chi connectivity index (χ0v) is 9.39. The highest BCUT2D eigenvalue weighted by atomic mass is 16.2. The molecule has 1 aromatic rings. The number of carbonyl (C=O) groups excluding carboxylic acids is 1. The van der Waals surface area contributed by atoms with Gasteiger partial charge in [0.2, 0.25) is 5.91 Å². The van der Waals surface area contributed by atoms with Gasteiger partial charge >= 0.3 is 0 Å². The van der Waals surface area contributed by atoms with Crippen LogP contribution in [-0.2, 0) is 4.79 Å². The monoisotopic (exact) mass is 223 g/mol. The van der Waals surface area contributed by atoms with Crippen LogP contribution in [0, 0.1) is 5.92 Å². The number of nitrogens with zero attached hydrogens (tertiary/aromatic N) is 3. The van der Waals surface area contributed by atoms with Gasteiger partial charge in [0, 0.05) is 6.54 Å². The van der Waals surface area contributed by atoms with E-state index in [4.69, 9.17) is 0 Å². The first kappa shape index (κ1) is 11.1. The molecule has 0 spiro atoms. The van der Waals surface area contributed by atoms with E-state index in [1.165, 1.54) is 6.33 Å². The summed E-state index contributed by atoms with van der Waals surface area (Å²) < 4.78 is 1.56. The van der Waals surface area contributed by atoms with Crippen molar-refractivity contribution in [2.45, 2.75) is 19.4 Å². The van der Waals surface area contributed by atoms with Gasteiger partial charge in [-0.2, -0.15) is 5.10 Å². The van der Waals surface area contributed by atoms with Gasteiger partial charge in [-0.15, -0.1) is 0 Å². The van der Waals surface area contributed by atoms with Crippen LogP contribution in [-0.4, -0.2) is 40.3 Å². The van der Waals surface area contributed by atoms with Crippen molar-refractivity contribution in [2.75, 3.05) is 19.6 Å². The van der Waals surface area contributed by atoms with Crippen LogP contribution < -0.4 is 10.6 Å². The molecular formula is C10H17N5O. The first-order valence-electron chi connectivity index (χ1n) is 5.60. The predicted octanol–water partition coefficient (Wildman–Crippen LogP) is -0.435. The molecule has 0 aliphatic carbocycles. The maximum atomic E-state index is 11.8. The third-order valence-electron chi connectivity index (χ3n) is 2.94. The topological polar surface area (TPSA) is 71.8 Å². The number of nitrogens with one attached hydrogen (secondary N) is 2. The summed E-state index contributed by atoms with van der Waals surface area (Å²) in [5.74, 6) is 0.560. The van der Waals surface area contributed by atoms with E-state index < -0.39 is 0 Å². The molecule has 0 bridgehead atoms. The first-order chi connectivity index (χ1) is 7.77. The summed E-state index contributed by atoms with van der Waals surface area (Å²) in [6.45, 7) is 4.61. The van der Waals surface area contributed by atoms with Crippen LogP contribution in [0.4, 0.5) is 0 Å². The van der Waals surface area contributed by atoms with Gasteiger partial charge in [-0.05, 0) is 32.4 Å². The largest absolute Gasteiger partial charge is 0.354 e. The van der Waals surface area contributed by atoms with Crippen molar-refractivity contribution in [2.24, 2.45) is 5.92 Å². The second kappa shape index (κ2) is 5.07. The zero-order valence-electron chi connectivity index (χ0n) is 9.39. The summed E-state index contributed by atoms with van der Waals surface area (Å²) >= 11 is 0. The van der Waals surface area contributed by atoms with E-state index >= 15 is 0 Å². The van der Waals surface area contributed by atoms with Crippen LogP contribution >= 0.6 is 0 Å². The summed E-state index contributed by atoms with van der Waals surface area (Å²) in [7, 11) is 0. The second-order valence-corrected chi connectivity index (χ2v) is 4.16. The molecule has 2 atom stereocenters. The van der Waals surface area contributed by atoms with Gasteiger partial charge in [-0.3, -0.25) is 4.79 Å². The number of aromatic nitrogens is 3. The van der Waals surface area contributed by atoms with Crippen LogP contribution in [0.2, 0.25) is 0 Å². The van der Waals surface area contributed by atoms with E-state index in [0.29, 0.717) is 5.92 Å². The van der Waals surface area contributed by atoms with Gasteiger partial charge in [0.25, 0.3) is 0 Å². The molecule has 2 heterocycles. The van der Waals surface area contributed by atoms with Crippen molar-refractivity contribution in [1.82, 2.24) is 25.4 Å². The first-order valence-corrected chi connectivity index (χ1v) is 5.60. The third-order valence-corrected chi connectivity index (χ3v) is 2.94. The molecule has 1 saturated heterocycles. The number of hydrogen-bond acceptors (Lipinski definition) is 4. The van der Waals surface area contributed by atoms with E-state index in [2.05, 4.69) is 20.7 Å². The molecule has 2 rings (SSSR count). The Hall–Kier alpha value is -1.43. The Morgan fingerprint density at radius 1 is 1.75 bits per heavy atom. The molecule has 1 aliphatic heterocycles. The molecule has 88 valence electrons. The third kappa shape index (κ3) is 2.57. The lowest BCUT2D eigenvalue weighted by Gasteiger charge is -2.14. The Morgan fingerprint density at radius 3 is 3.25 bits per heavy atom. The van der Waals surface area contributed by atoms with E-state index in [9.17, 15) is 4.79 Å². The molecule has 0 aromatic carbocycles. The highest BCUT2D eigenvalue weighted by Crippen LogP contribution is 2.07. The molecular weight excluding hydrogens is 206 g/mol. The Kier molecular flexibility index (Phi) is 3.51. The van der Waals surface area contributed by atoms with Crippen LogP contribution in [0.3, 0.4) is 0 Å². The zero-order chi connectivity index (χ0) is 11.4. The van der Waals surface area contributed by atoms with Gasteiger partial charge in [0.05, 0.1) is 0 Å². The number of amides is 1. The molecule has 1 aliphatic rings. The minimum Gasteiger partial charge on any atom is -0.354 e. The molecule has 1 amide bonds. The highest BCUT2D eigenvalue weighted by Gasteiger charge is 2.18. The molecule has 1 fully saturated rings. The summed E-state index contributed by atoms with van der Waals surface area (Å²) in [5, 5.41) is 10.2. The van der Waals surface area contributed by atoms with E-state index in [1.54, 1.807) is 11.0 Å². The number of carbonyl (C=O) groups is 1. The average Bonchev–Trinajstić information content (AvgIpc) is 2.96. The Balaban J connectivity index is 1.79. The molecule has 16 heavy (non-hydrogen) atoms. The van der Waals surface area contributed by atoms with Crippen LogP contribution in [0.1, 0.15) is 19.4 Å². The lowest BCUT2D eigenvalue weighted by atomic mass is 10.1. The molecule has 1 aromatic heterocycles. The lowest BCUT2D eigenvalue weighted by molar-refractivity contribution is -0.124. The van der Waals surface area contributed by atoms with E-state index in [-0.39, 0.29) is 11.9 Å². The number of hydrogen-bond donors (Lipinski definition) is 2. The molecule has 6 heteroatoms. The minimum atomic E-state index is -0.295. The van der Waals surface area contributed by atoms with E-state index in [1.807, 2.05) is 6.92 Å². The Morgan fingerprint density at radius 2 is 2.62 bits per heavy atom. The normalized spacial score (nSPS) is 21.9. The summed E-state index contributed by atoms with van der Waals surface area (Å²) in [4.78, 5) is 15.6. The Labute approximate surface area is 94.4 Å². The van der Waals surface area contributed by atoms with Crippen LogP contribution in [0.15, 0.2) is 12.7 Å². The van der Waals surface area contributed by atoms with Gasteiger partial charge in [0.1, 0.15) is 18.7 Å². The van der Waals surface area contributed by atoms with Gasteiger partial charge in [-0.25, -0.2) is 9.67 Å². The fraction of sp³-hybridized carbons (Fsp3) is 0.700. The molecule has 0 radical (unpaired) electrons. The van der Waals surface area contributed by atoms with Gasteiger partial charge in [-0.1, -0.05) is 0 Å². The molecule has 2 unspecified atom stereocenters. The van der Waals surface area contributed by atoms with Crippen molar-refractivity contribution < 1.29 is 4.79 Å². The average molecular weight is 223 g/mol. The van der Waals surface area contributed by atoms with Gasteiger partial charge < -0.3 is 10.6 Å². The van der Waals surface area contributed by atoms with Gasteiger partial charge in [0.15, 0.2) is 0 Å². The molecule has 2 N–H and O–H groups in total. The predicted molar refractivity (Wildman–Crippen MR) is 58.7 cm³/mol. The van der Waals surface area contributed by atoms with Crippen molar-refractivity contribution in [3.8, 4) is 0 Å². The number of rotatable bonds is 4. The fourth-order valence-corrected chi connectivity index (χ4v) is 1.82. The van der Waals surface area contributed by atoms with Crippen molar-refractivity contribution >= 4 is 5.91 Å². The van der Waals surface area contributed by atoms with Crippen LogP contribution in [0.25, 0.3) is 0 Å². The smallest absolute Gasteiger partial charge is 0.244 e. The van der Waals surface area contributed by atoms with Crippen molar-refractivity contribution in [1.29, 1.82) is 0 Å². The SMILES string of the molecule is CC(C(=O)NCC1CCNC1)n1cncn1. The summed E-state index contributed by atoms with van der Waals surface area (Å²) in [6, 6.07) is -0.295. The van der Waals surface area contributed by atoms with Crippen molar-refractivity contribution in [3.63, 3.8) is 0 Å². The Bertz CT molecular complexity index is 331. The van der Waals surface area contributed by atoms with Crippen LogP contribution in [0.5, 0.6) is 0 Å². The fourth-order valence-electron chi connectivity index (χ4n) is 1.82. The maximum absolute atomic E-state index is 11.8. The second-order valence-electron chi connectivity index (χ2n) is 4.16. The summed E-state index contributed by atoms with van der Waals surface area (Å²) in [5.41, 5.74) is 0. The lowest BCUT2D eigenvalue weighted by Crippen LogP contribution is -2.35. The summed E-state index contributed by atoms with van der Waals surface area (Å²) in [6.07, 6.45) is 4.13.